The van der Waals surface area contributed by atoms with Crippen molar-refractivity contribution in [3.05, 3.63) is 94.5 Å². The van der Waals surface area contributed by atoms with Gasteiger partial charge in [-0.05, 0) is 35.9 Å². The molecule has 0 amide bonds. The highest BCUT2D eigenvalue weighted by Gasteiger charge is 2.22. The number of benzene rings is 2. The summed E-state index contributed by atoms with van der Waals surface area (Å²) >= 11 is 5.98. The summed E-state index contributed by atoms with van der Waals surface area (Å²) in [6, 6.07) is 18.9. The first-order valence-electron chi connectivity index (χ1n) is 8.94. The lowest BCUT2D eigenvalue weighted by Crippen LogP contribution is -2.17. The quantitative estimate of drug-likeness (QED) is 0.466. The zero-order valence-corrected chi connectivity index (χ0v) is 15.8. The van der Waals surface area contributed by atoms with Crippen LogP contribution in [0.4, 0.5) is 0 Å². The van der Waals surface area contributed by atoms with E-state index < -0.39 is 5.97 Å². The largest absolute Gasteiger partial charge is 0.477 e. The molecule has 2 heterocycles. The molecule has 0 saturated heterocycles. The molecule has 0 aliphatic heterocycles. The molecule has 0 unspecified atom stereocenters. The maximum atomic E-state index is 12.2. The van der Waals surface area contributed by atoms with Crippen LogP contribution in [0.25, 0.3) is 10.9 Å². The van der Waals surface area contributed by atoms with Gasteiger partial charge in [0.2, 0.25) is 0 Å². The Morgan fingerprint density at radius 2 is 1.82 bits per heavy atom. The molecule has 0 bridgehead atoms. The van der Waals surface area contributed by atoms with Crippen molar-refractivity contribution in [3.8, 4) is 0 Å². The number of furan rings is 1. The van der Waals surface area contributed by atoms with Gasteiger partial charge in [0.25, 0.3) is 0 Å². The fraction of sp³-hybridized carbons (Fsp3) is 0.136. The van der Waals surface area contributed by atoms with Crippen LogP contribution < -0.4 is 5.32 Å². The van der Waals surface area contributed by atoms with Crippen molar-refractivity contribution in [2.45, 2.75) is 19.6 Å². The molecule has 0 atom stereocenters. The van der Waals surface area contributed by atoms with Crippen LogP contribution in [0.1, 0.15) is 27.4 Å². The molecule has 0 saturated carbocycles. The van der Waals surface area contributed by atoms with Crippen molar-refractivity contribution in [1.82, 2.24) is 9.88 Å². The van der Waals surface area contributed by atoms with Gasteiger partial charge in [0.1, 0.15) is 11.5 Å². The number of rotatable bonds is 7. The Hall–Kier alpha value is -3.02. The van der Waals surface area contributed by atoms with Crippen LogP contribution in [0, 0.1) is 0 Å². The second-order valence-electron chi connectivity index (χ2n) is 6.54. The lowest BCUT2D eigenvalue weighted by molar-refractivity contribution is 0.0685. The van der Waals surface area contributed by atoms with Crippen LogP contribution >= 0.6 is 11.6 Å². The van der Waals surface area contributed by atoms with Gasteiger partial charge in [-0.3, -0.25) is 0 Å². The van der Waals surface area contributed by atoms with E-state index in [9.17, 15) is 9.90 Å². The van der Waals surface area contributed by atoms with Gasteiger partial charge in [-0.15, -0.1) is 0 Å². The van der Waals surface area contributed by atoms with E-state index in [0.717, 1.165) is 27.8 Å². The molecule has 0 aliphatic carbocycles. The second-order valence-corrected chi connectivity index (χ2v) is 6.98. The van der Waals surface area contributed by atoms with E-state index in [4.69, 9.17) is 16.0 Å². The first-order valence-corrected chi connectivity index (χ1v) is 9.32. The van der Waals surface area contributed by atoms with Gasteiger partial charge in [0.05, 0.1) is 12.8 Å². The maximum absolute atomic E-state index is 12.2. The summed E-state index contributed by atoms with van der Waals surface area (Å²) in [5, 5.41) is 14.8. The molecule has 0 spiro atoms. The normalized spacial score (nSPS) is 11.2. The number of nitrogens with zero attached hydrogens (tertiary/aromatic N) is 1. The third-order valence-corrected chi connectivity index (χ3v) is 4.97. The van der Waals surface area contributed by atoms with Crippen LogP contribution in [0.2, 0.25) is 5.02 Å². The van der Waals surface area contributed by atoms with Crippen molar-refractivity contribution in [2.24, 2.45) is 0 Å². The number of nitrogens with one attached hydrogen (secondary N) is 1. The highest BCUT2D eigenvalue weighted by Crippen LogP contribution is 2.28. The minimum Gasteiger partial charge on any atom is -0.477 e. The lowest BCUT2D eigenvalue weighted by atomic mass is 10.1. The number of para-hydroxylation sites is 1. The van der Waals surface area contributed by atoms with Crippen LogP contribution in [0.3, 0.4) is 0 Å². The van der Waals surface area contributed by atoms with Gasteiger partial charge in [-0.1, -0.05) is 41.9 Å². The fourth-order valence-electron chi connectivity index (χ4n) is 3.46. The molecular formula is C22H19ClN2O3. The van der Waals surface area contributed by atoms with Crippen molar-refractivity contribution in [1.29, 1.82) is 0 Å². The van der Waals surface area contributed by atoms with Crippen molar-refractivity contribution < 1.29 is 14.3 Å². The number of aromatic carboxylic acids is 1. The molecule has 5 nitrogen and oxygen atoms in total. The molecule has 0 aliphatic rings. The minimum atomic E-state index is -0.944. The number of halogens is 1. The van der Waals surface area contributed by atoms with Crippen LogP contribution in [-0.2, 0) is 19.6 Å². The summed E-state index contributed by atoms with van der Waals surface area (Å²) in [4.78, 5) is 12.2. The molecule has 6 heteroatoms. The van der Waals surface area contributed by atoms with E-state index in [1.54, 1.807) is 6.26 Å². The molecule has 4 rings (SSSR count). The zero-order valence-electron chi connectivity index (χ0n) is 15.1. The predicted octanol–water partition coefficient (Wildman–Crippen LogP) is 4.92. The average molecular weight is 395 g/mol. The van der Waals surface area contributed by atoms with E-state index in [0.29, 0.717) is 30.4 Å². The van der Waals surface area contributed by atoms with Gasteiger partial charge in [0, 0.05) is 34.6 Å². The number of hydrogen-bond donors (Lipinski definition) is 2. The first kappa shape index (κ1) is 18.3. The Kier molecular flexibility index (Phi) is 5.19. The number of hydrogen-bond acceptors (Lipinski definition) is 3. The summed E-state index contributed by atoms with van der Waals surface area (Å²) in [7, 11) is 0. The Labute approximate surface area is 167 Å². The zero-order chi connectivity index (χ0) is 19.5. The third kappa shape index (κ3) is 3.67. The highest BCUT2D eigenvalue weighted by molar-refractivity contribution is 6.30. The van der Waals surface area contributed by atoms with E-state index in [2.05, 4.69) is 5.32 Å². The van der Waals surface area contributed by atoms with Crippen molar-refractivity contribution >= 4 is 28.5 Å². The van der Waals surface area contributed by atoms with Gasteiger partial charge >= 0.3 is 5.97 Å². The molecule has 142 valence electrons. The Morgan fingerprint density at radius 3 is 2.54 bits per heavy atom. The number of carboxylic acids is 1. The molecule has 2 aromatic carbocycles. The van der Waals surface area contributed by atoms with Crippen LogP contribution in [0.15, 0.2) is 71.3 Å². The summed E-state index contributed by atoms with van der Waals surface area (Å²) < 4.78 is 7.19. The first-order chi connectivity index (χ1) is 13.6. The van der Waals surface area contributed by atoms with E-state index in [-0.39, 0.29) is 0 Å². The Bertz CT molecular complexity index is 1100. The highest BCUT2D eigenvalue weighted by atomic mass is 35.5. The molecule has 28 heavy (non-hydrogen) atoms. The molecule has 2 aromatic heterocycles. The second kappa shape index (κ2) is 7.92. The molecule has 0 fully saturated rings. The van der Waals surface area contributed by atoms with Crippen molar-refractivity contribution in [3.63, 3.8) is 0 Å². The third-order valence-electron chi connectivity index (χ3n) is 4.71. The predicted molar refractivity (Wildman–Crippen MR) is 109 cm³/mol. The number of carbonyl (C=O) groups is 1. The molecule has 2 N–H and O–H groups in total. The lowest BCUT2D eigenvalue weighted by Gasteiger charge is -2.10. The summed E-state index contributed by atoms with van der Waals surface area (Å²) in [6.45, 7) is 1.41. The van der Waals surface area contributed by atoms with Gasteiger partial charge in [-0.25, -0.2) is 4.79 Å². The average Bonchev–Trinajstić information content (AvgIpc) is 3.31. The van der Waals surface area contributed by atoms with Crippen LogP contribution in [-0.4, -0.2) is 15.6 Å². The fourth-order valence-corrected chi connectivity index (χ4v) is 3.59. The molecule has 4 aromatic rings. The van der Waals surface area contributed by atoms with E-state index >= 15 is 0 Å². The number of aromatic nitrogens is 1. The van der Waals surface area contributed by atoms with Crippen molar-refractivity contribution in [2.75, 3.05) is 0 Å². The topological polar surface area (TPSA) is 67.4 Å². The number of carboxylic acid groups (broad SMARTS) is 1. The van der Waals surface area contributed by atoms with E-state index in [1.165, 1.54) is 0 Å². The summed E-state index contributed by atoms with van der Waals surface area (Å²) in [5.74, 6) is -0.137. The Balaban J connectivity index is 1.72. The van der Waals surface area contributed by atoms with Crippen LogP contribution in [0.5, 0.6) is 0 Å². The summed E-state index contributed by atoms with van der Waals surface area (Å²) in [5.41, 5.74) is 2.94. The SMILES string of the molecule is O=C(O)c1c(CNCc2ccco2)c2ccccc2n1Cc1ccc(Cl)cc1. The summed E-state index contributed by atoms with van der Waals surface area (Å²) in [6.07, 6.45) is 1.62. The van der Waals surface area contributed by atoms with Gasteiger partial charge in [0.15, 0.2) is 0 Å². The van der Waals surface area contributed by atoms with E-state index in [1.807, 2.05) is 65.2 Å². The minimum absolute atomic E-state index is 0.295. The number of fused-ring (bicyclic) bond motifs is 1. The molecular weight excluding hydrogens is 376 g/mol. The monoisotopic (exact) mass is 394 g/mol. The Morgan fingerprint density at radius 1 is 1.04 bits per heavy atom. The van der Waals surface area contributed by atoms with Gasteiger partial charge in [-0.2, -0.15) is 0 Å². The maximum Gasteiger partial charge on any atom is 0.352 e. The van der Waals surface area contributed by atoms with Gasteiger partial charge < -0.3 is 19.4 Å². The molecule has 0 radical (unpaired) electrons. The standard InChI is InChI=1S/C22H19ClN2O3/c23-16-9-7-15(8-10-16)14-25-20-6-2-1-5-18(20)19(21(25)22(26)27)13-24-12-17-4-3-11-28-17/h1-11,24H,12-14H2,(H,26,27). The smallest absolute Gasteiger partial charge is 0.352 e.